The van der Waals surface area contributed by atoms with E-state index >= 15 is 0 Å². The lowest BCUT2D eigenvalue weighted by Crippen LogP contribution is -2.53. The Morgan fingerprint density at radius 1 is 1.18 bits per heavy atom. The number of halogens is 3. The lowest BCUT2D eigenvalue weighted by Gasteiger charge is -2.35. The molecule has 10 heteroatoms. The maximum absolute atomic E-state index is 12.7. The Morgan fingerprint density at radius 3 is 2.18 bits per heavy atom. The number of aliphatic imine (C=N–C) groups is 1. The van der Waals surface area contributed by atoms with Crippen molar-refractivity contribution in [2.75, 3.05) is 47.0 Å². The van der Waals surface area contributed by atoms with Crippen LogP contribution in [0.1, 0.15) is 31.4 Å². The molecule has 0 spiro atoms. The zero-order valence-corrected chi connectivity index (χ0v) is 20.1. The molecule has 1 unspecified atom stereocenters. The Bertz CT molecular complexity index is 714. The number of rotatable bonds is 9. The first-order valence-corrected chi connectivity index (χ1v) is 10.7. The van der Waals surface area contributed by atoms with Crippen LogP contribution in [0.3, 0.4) is 0 Å². The number of nitrogens with one attached hydrogen (secondary N) is 2. The van der Waals surface area contributed by atoms with E-state index in [1.807, 2.05) is 6.92 Å². The largest absolute Gasteiger partial charge is 0.416 e. The van der Waals surface area contributed by atoms with E-state index in [-0.39, 0.29) is 0 Å². The van der Waals surface area contributed by atoms with Crippen LogP contribution in [-0.2, 0) is 6.18 Å². The van der Waals surface area contributed by atoms with Gasteiger partial charge in [0.15, 0.2) is 0 Å². The molecule has 0 aromatic heterocycles. The van der Waals surface area contributed by atoms with E-state index < -0.39 is 11.7 Å². The van der Waals surface area contributed by atoms with Gasteiger partial charge in [-0.15, -0.1) is 6.58 Å². The highest BCUT2D eigenvalue weighted by atomic mass is 19.4. The Hall–Kier alpha value is -2.24. The Labute approximate surface area is 195 Å². The first-order valence-electron chi connectivity index (χ1n) is 10.7. The summed E-state index contributed by atoms with van der Waals surface area (Å²) in [5.74, 6) is 0. The van der Waals surface area contributed by atoms with Gasteiger partial charge in [0.05, 0.1) is 11.3 Å². The summed E-state index contributed by atoms with van der Waals surface area (Å²) >= 11 is 0. The van der Waals surface area contributed by atoms with Gasteiger partial charge in [-0.05, 0) is 46.2 Å². The molecule has 1 aromatic carbocycles. The highest BCUT2D eigenvalue weighted by Gasteiger charge is 2.30. The maximum atomic E-state index is 12.7. The number of nitrogens with two attached hydrogens (primary N) is 1. The van der Waals surface area contributed by atoms with Gasteiger partial charge in [0.1, 0.15) is 0 Å². The van der Waals surface area contributed by atoms with Gasteiger partial charge < -0.3 is 21.6 Å². The number of piperazine rings is 1. The monoisotopic (exact) mass is 472 g/mol. The fourth-order valence-corrected chi connectivity index (χ4v) is 3.12. The minimum absolute atomic E-state index is 0.400. The van der Waals surface area contributed by atoms with Crippen LogP contribution in [0.4, 0.5) is 13.2 Å². The zero-order chi connectivity index (χ0) is 25.4. The fraction of sp³-hybridized carbons (Fsp3) is 0.522. The van der Waals surface area contributed by atoms with Gasteiger partial charge in [0.25, 0.3) is 0 Å². The zero-order valence-electron chi connectivity index (χ0n) is 20.1. The van der Waals surface area contributed by atoms with Crippen LogP contribution in [0.5, 0.6) is 0 Å². The summed E-state index contributed by atoms with van der Waals surface area (Å²) in [6.07, 6.45) is -1.70. The fourth-order valence-electron chi connectivity index (χ4n) is 3.12. The molecule has 2 rings (SSSR count). The normalized spacial score (nSPS) is 16.0. The van der Waals surface area contributed by atoms with Crippen molar-refractivity contribution in [3.63, 3.8) is 0 Å². The predicted octanol–water partition coefficient (Wildman–Crippen LogP) is 2.91. The molecule has 0 amide bonds. The third kappa shape index (κ3) is 12.0. The van der Waals surface area contributed by atoms with Gasteiger partial charge in [-0.3, -0.25) is 9.89 Å². The Kier molecular flexibility index (Phi) is 15.3. The van der Waals surface area contributed by atoms with Crippen molar-refractivity contribution in [3.8, 4) is 0 Å². The summed E-state index contributed by atoms with van der Waals surface area (Å²) in [4.78, 5) is 6.28. The molecule has 1 atom stereocenters. The number of nitrogens with zero attached hydrogens (tertiary/aromatic N) is 3. The van der Waals surface area contributed by atoms with Gasteiger partial charge in [0.2, 0.25) is 0 Å². The van der Waals surface area contributed by atoms with Gasteiger partial charge in [-0.2, -0.15) is 13.2 Å². The lowest BCUT2D eigenvalue weighted by atomic mass is 10.1. The molecule has 188 valence electrons. The average Bonchev–Trinajstić information content (AvgIpc) is 2.81. The van der Waals surface area contributed by atoms with E-state index in [1.165, 1.54) is 24.8 Å². The van der Waals surface area contributed by atoms with E-state index in [9.17, 15) is 13.2 Å². The summed E-state index contributed by atoms with van der Waals surface area (Å²) < 4.78 is 38.1. The molecule has 1 aromatic rings. The molecule has 5 N–H and O–H groups in total. The second kappa shape index (κ2) is 16.4. The molecule has 1 aliphatic rings. The minimum Gasteiger partial charge on any atom is -0.400 e. The lowest BCUT2D eigenvalue weighted by molar-refractivity contribution is -0.137. The molecular weight excluding hydrogens is 433 g/mol. The molecule has 1 saturated heterocycles. The van der Waals surface area contributed by atoms with Crippen molar-refractivity contribution in [3.05, 3.63) is 53.7 Å². The van der Waals surface area contributed by atoms with Crippen molar-refractivity contribution in [2.24, 2.45) is 10.7 Å². The quantitative estimate of drug-likeness (QED) is 0.327. The third-order valence-electron chi connectivity index (χ3n) is 4.75. The van der Waals surface area contributed by atoms with Crippen LogP contribution in [0, 0.1) is 0 Å². The second-order valence-corrected chi connectivity index (χ2v) is 7.42. The topological polar surface area (TPSA) is 89.2 Å². The smallest absolute Gasteiger partial charge is 0.400 e. The predicted molar refractivity (Wildman–Crippen MR) is 130 cm³/mol. The summed E-state index contributed by atoms with van der Waals surface area (Å²) in [5, 5.41) is 12.6. The van der Waals surface area contributed by atoms with E-state index in [2.05, 4.69) is 51.6 Å². The van der Waals surface area contributed by atoms with E-state index in [1.54, 1.807) is 6.20 Å². The first kappa shape index (κ1) is 30.8. The van der Waals surface area contributed by atoms with Gasteiger partial charge in [-0.1, -0.05) is 17.7 Å². The molecule has 7 nitrogen and oxygen atoms in total. The van der Waals surface area contributed by atoms with Crippen molar-refractivity contribution >= 4 is 12.4 Å². The molecule has 33 heavy (non-hydrogen) atoms. The maximum Gasteiger partial charge on any atom is 0.416 e. The summed E-state index contributed by atoms with van der Waals surface area (Å²) in [6, 6.07) is 5.31. The third-order valence-corrected chi connectivity index (χ3v) is 4.75. The average molecular weight is 473 g/mol. The molecule has 1 fully saturated rings. The van der Waals surface area contributed by atoms with Crippen LogP contribution in [0.25, 0.3) is 5.70 Å². The van der Waals surface area contributed by atoms with E-state index in [4.69, 9.17) is 5.11 Å². The van der Waals surface area contributed by atoms with Gasteiger partial charge in [-0.25, -0.2) is 5.01 Å². The molecule has 0 aliphatic carbocycles. The molecule has 0 saturated carbocycles. The van der Waals surface area contributed by atoms with Crippen LogP contribution in [-0.4, -0.2) is 74.8 Å². The highest BCUT2D eigenvalue weighted by molar-refractivity contribution is 5.67. The number of hydrogen-bond acceptors (Lipinski definition) is 7. The minimum atomic E-state index is -4.35. The van der Waals surface area contributed by atoms with Crippen molar-refractivity contribution in [1.29, 1.82) is 0 Å². The Balaban J connectivity index is 0.00000242. The number of hydrazine groups is 1. The second-order valence-electron chi connectivity index (χ2n) is 7.42. The highest BCUT2D eigenvalue weighted by Crippen LogP contribution is 2.30. The van der Waals surface area contributed by atoms with Crippen LogP contribution in [0.15, 0.2) is 47.6 Å². The van der Waals surface area contributed by atoms with Crippen LogP contribution in [0.2, 0.25) is 0 Å². The number of aliphatic hydroxyl groups excluding tert-OH is 1. The van der Waals surface area contributed by atoms with E-state index in [0.717, 1.165) is 58.5 Å². The number of hydrogen-bond donors (Lipinski definition) is 4. The van der Waals surface area contributed by atoms with Gasteiger partial charge in [0, 0.05) is 57.8 Å². The number of alkyl halides is 3. The number of benzene rings is 1. The number of aliphatic hydroxyl groups is 1. The molecular formula is C23H39F3N6O. The summed E-state index contributed by atoms with van der Waals surface area (Å²) in [5.41, 5.74) is 9.25. The van der Waals surface area contributed by atoms with Crippen LogP contribution >= 0.6 is 0 Å². The van der Waals surface area contributed by atoms with Gasteiger partial charge >= 0.3 is 6.18 Å². The molecule has 1 heterocycles. The summed E-state index contributed by atoms with van der Waals surface area (Å²) in [7, 11) is 2.50. The van der Waals surface area contributed by atoms with Crippen LogP contribution < -0.4 is 16.5 Å². The van der Waals surface area contributed by atoms with E-state index in [0.29, 0.717) is 17.3 Å². The van der Waals surface area contributed by atoms with Crippen molar-refractivity contribution in [1.82, 2.24) is 20.7 Å². The standard InChI is InChI=1S/C21H30F3N5.CH5N.CH4O/c1-16(2)13-17(3)26-15-28-9-11-29(12-10-28)27-14-20(25-4)18-5-7-19(8-6-18)21(22,23)24;2*1-2/h5-8,14,17,26-27H,1,4,9-13,15H2,2-3H3;2H2,1H3;2H,1H3/b20-14-;;. The molecule has 0 radical (unpaired) electrons. The summed E-state index contributed by atoms with van der Waals surface area (Å²) in [6.45, 7) is 16.0. The SMILES string of the molecule is C=N/C(=C\NN1CCN(CNC(C)CC(=C)C)CC1)c1ccc(C(F)(F)F)cc1.CN.CO. The van der Waals surface area contributed by atoms with Crippen molar-refractivity contribution in [2.45, 2.75) is 32.5 Å². The molecule has 1 aliphatic heterocycles. The molecule has 0 bridgehead atoms. The van der Waals surface area contributed by atoms with Crippen molar-refractivity contribution < 1.29 is 18.3 Å². The first-order chi connectivity index (χ1) is 15.7. The Morgan fingerprint density at radius 2 is 1.73 bits per heavy atom.